The number of rotatable bonds is 3. The largest absolute Gasteiger partial charge is 0.330 e. The molecule has 0 fully saturated rings. The van der Waals surface area contributed by atoms with E-state index < -0.39 is 0 Å². The van der Waals surface area contributed by atoms with Gasteiger partial charge in [0.05, 0.1) is 23.4 Å². The Bertz CT molecular complexity index is 1050. The Morgan fingerprint density at radius 2 is 2.12 bits per heavy atom. The molecule has 1 aliphatic rings. The zero-order valence-corrected chi connectivity index (χ0v) is 15.0. The number of hydrogen-bond donors (Lipinski definition) is 1. The van der Waals surface area contributed by atoms with Gasteiger partial charge in [-0.2, -0.15) is 0 Å². The summed E-state index contributed by atoms with van der Waals surface area (Å²) in [5.74, 6) is 0.767. The average Bonchev–Trinajstić information content (AvgIpc) is 3.23. The van der Waals surface area contributed by atoms with Gasteiger partial charge in [0.15, 0.2) is 11.5 Å². The highest BCUT2D eigenvalue weighted by atomic mass is 32.1. The molecule has 0 saturated carbocycles. The fourth-order valence-corrected chi connectivity index (χ4v) is 5.06. The zero-order chi connectivity index (χ0) is 16.8. The zero-order valence-electron chi connectivity index (χ0n) is 14.2. The van der Waals surface area contributed by atoms with Crippen LogP contribution in [-0.2, 0) is 13.0 Å². The van der Waals surface area contributed by atoms with E-state index in [9.17, 15) is 0 Å². The number of hydrogen-bond acceptors (Lipinski definition) is 4. The van der Waals surface area contributed by atoms with Gasteiger partial charge in [-0.15, -0.1) is 16.4 Å². The van der Waals surface area contributed by atoms with Gasteiger partial charge in [0.25, 0.3) is 0 Å². The molecular formula is C19H20N5S+. The summed E-state index contributed by atoms with van der Waals surface area (Å²) >= 11 is 1.84. The molecule has 1 unspecified atom stereocenters. The molecule has 0 bridgehead atoms. The van der Waals surface area contributed by atoms with Gasteiger partial charge in [0.2, 0.25) is 0 Å². The minimum Gasteiger partial charge on any atom is -0.330 e. The van der Waals surface area contributed by atoms with Crippen LogP contribution in [0.4, 0.5) is 0 Å². The topological polar surface area (TPSA) is 47.5 Å². The van der Waals surface area contributed by atoms with Crippen LogP contribution in [-0.4, -0.2) is 32.7 Å². The predicted octanol–water partition coefficient (Wildman–Crippen LogP) is 2.36. The van der Waals surface area contributed by atoms with Crippen LogP contribution in [0.25, 0.3) is 27.3 Å². The molecule has 4 heterocycles. The van der Waals surface area contributed by atoms with Gasteiger partial charge >= 0.3 is 0 Å². The number of fused-ring (bicyclic) bond motifs is 5. The molecule has 1 aliphatic heterocycles. The molecule has 3 aromatic heterocycles. The molecule has 1 atom stereocenters. The minimum atomic E-state index is 0.767. The highest BCUT2D eigenvalue weighted by molar-refractivity contribution is 7.19. The Morgan fingerprint density at radius 1 is 1.24 bits per heavy atom. The van der Waals surface area contributed by atoms with Crippen molar-refractivity contribution in [1.29, 1.82) is 0 Å². The van der Waals surface area contributed by atoms with Crippen molar-refractivity contribution in [1.82, 2.24) is 19.6 Å². The first-order valence-corrected chi connectivity index (χ1v) is 9.69. The Hall–Kier alpha value is -2.31. The number of quaternary nitrogens is 1. The summed E-state index contributed by atoms with van der Waals surface area (Å²) in [7, 11) is 0. The first kappa shape index (κ1) is 15.0. The molecule has 0 saturated heterocycles. The van der Waals surface area contributed by atoms with E-state index in [0.29, 0.717) is 0 Å². The lowest BCUT2D eigenvalue weighted by Gasteiger charge is -2.23. The van der Waals surface area contributed by atoms with E-state index >= 15 is 0 Å². The van der Waals surface area contributed by atoms with Crippen LogP contribution in [0.15, 0.2) is 36.7 Å². The van der Waals surface area contributed by atoms with Crippen molar-refractivity contribution in [3.05, 3.63) is 47.1 Å². The number of aromatic nitrogens is 4. The number of nitrogens with zero attached hydrogens (tertiary/aromatic N) is 4. The number of thiophene rings is 1. The second kappa shape index (κ2) is 5.89. The second-order valence-corrected chi connectivity index (χ2v) is 7.76. The average molecular weight is 350 g/mol. The van der Waals surface area contributed by atoms with E-state index in [1.807, 2.05) is 34.1 Å². The maximum atomic E-state index is 4.86. The summed E-state index contributed by atoms with van der Waals surface area (Å²) in [6.45, 7) is 5.84. The van der Waals surface area contributed by atoms with Gasteiger partial charge in [-0.3, -0.25) is 0 Å². The van der Waals surface area contributed by atoms with Crippen LogP contribution in [0.5, 0.6) is 0 Å². The normalized spacial score (nSPS) is 17.2. The quantitative estimate of drug-likeness (QED) is 0.617. The number of nitrogens with one attached hydrogen (secondary N) is 1. The van der Waals surface area contributed by atoms with Crippen molar-refractivity contribution in [2.75, 3.05) is 13.1 Å². The van der Waals surface area contributed by atoms with Crippen molar-refractivity contribution in [2.24, 2.45) is 0 Å². The van der Waals surface area contributed by atoms with Crippen LogP contribution in [0.2, 0.25) is 0 Å². The Labute approximate surface area is 149 Å². The molecule has 0 amide bonds. The summed E-state index contributed by atoms with van der Waals surface area (Å²) < 4.78 is 1.84. The van der Waals surface area contributed by atoms with E-state index in [0.717, 1.165) is 34.8 Å². The van der Waals surface area contributed by atoms with Crippen molar-refractivity contribution in [3.8, 4) is 11.4 Å². The van der Waals surface area contributed by atoms with E-state index in [-0.39, 0.29) is 0 Å². The van der Waals surface area contributed by atoms with Gasteiger partial charge in [0, 0.05) is 12.0 Å². The van der Waals surface area contributed by atoms with Crippen LogP contribution in [0, 0.1) is 0 Å². The fourth-order valence-electron chi connectivity index (χ4n) is 3.80. The van der Waals surface area contributed by atoms with Crippen molar-refractivity contribution < 1.29 is 4.90 Å². The third kappa shape index (κ3) is 2.44. The maximum absolute atomic E-state index is 4.86. The van der Waals surface area contributed by atoms with Gasteiger partial charge in [-0.05, 0) is 12.0 Å². The summed E-state index contributed by atoms with van der Waals surface area (Å²) in [5.41, 5.74) is 3.44. The van der Waals surface area contributed by atoms with Crippen LogP contribution < -0.4 is 4.90 Å². The molecule has 5 nitrogen and oxygen atoms in total. The summed E-state index contributed by atoms with van der Waals surface area (Å²) in [6.07, 6.45) is 4.15. The van der Waals surface area contributed by atoms with E-state index in [2.05, 4.69) is 29.1 Å². The van der Waals surface area contributed by atoms with Crippen LogP contribution >= 0.6 is 11.3 Å². The minimum absolute atomic E-state index is 0.767. The SMILES string of the molecule is CCC[NH+]1CCc2c(sc3ncn4nc(-c5ccccc5)nc4c23)C1. The van der Waals surface area contributed by atoms with Gasteiger partial charge in [-0.25, -0.2) is 14.5 Å². The molecule has 4 aromatic rings. The van der Waals surface area contributed by atoms with Gasteiger partial charge < -0.3 is 4.90 Å². The first-order chi connectivity index (χ1) is 12.3. The Kier molecular flexibility index (Phi) is 3.53. The molecule has 0 radical (unpaired) electrons. The molecule has 0 aliphatic carbocycles. The Morgan fingerprint density at radius 3 is 2.96 bits per heavy atom. The third-order valence-corrected chi connectivity index (χ3v) is 6.13. The molecule has 126 valence electrons. The van der Waals surface area contributed by atoms with Crippen molar-refractivity contribution in [2.45, 2.75) is 26.3 Å². The molecule has 25 heavy (non-hydrogen) atoms. The van der Waals surface area contributed by atoms with E-state index in [1.54, 1.807) is 11.2 Å². The molecule has 0 spiro atoms. The molecular weight excluding hydrogens is 330 g/mol. The van der Waals surface area contributed by atoms with E-state index in [1.165, 1.54) is 35.3 Å². The maximum Gasteiger partial charge on any atom is 0.182 e. The molecule has 5 rings (SSSR count). The standard InChI is InChI=1S/C19H19N5S/c1-2-9-23-10-8-14-15(11-23)25-19-16(14)18-21-17(22-24(18)12-20-19)13-6-4-3-5-7-13/h3-7,12H,2,8-11H2,1H3/p+1. The first-order valence-electron chi connectivity index (χ1n) is 8.88. The van der Waals surface area contributed by atoms with Gasteiger partial charge in [-0.1, -0.05) is 37.3 Å². The molecule has 1 aromatic carbocycles. The summed E-state index contributed by atoms with van der Waals surface area (Å²) in [5, 5.41) is 5.86. The lowest BCUT2D eigenvalue weighted by atomic mass is 10.1. The van der Waals surface area contributed by atoms with Gasteiger partial charge in [0.1, 0.15) is 17.7 Å². The lowest BCUT2D eigenvalue weighted by Crippen LogP contribution is -3.11. The predicted molar refractivity (Wildman–Crippen MR) is 100.0 cm³/mol. The smallest absolute Gasteiger partial charge is 0.182 e. The van der Waals surface area contributed by atoms with Crippen molar-refractivity contribution >= 4 is 27.2 Å². The second-order valence-electron chi connectivity index (χ2n) is 6.67. The highest BCUT2D eigenvalue weighted by Gasteiger charge is 2.26. The van der Waals surface area contributed by atoms with Crippen LogP contribution in [0.3, 0.4) is 0 Å². The summed E-state index contributed by atoms with van der Waals surface area (Å²) in [6, 6.07) is 10.2. The van der Waals surface area contributed by atoms with E-state index in [4.69, 9.17) is 4.98 Å². The number of benzene rings is 1. The summed E-state index contributed by atoms with van der Waals surface area (Å²) in [4.78, 5) is 13.8. The van der Waals surface area contributed by atoms with Crippen LogP contribution in [0.1, 0.15) is 23.8 Å². The molecule has 6 heteroatoms. The monoisotopic (exact) mass is 350 g/mol. The highest BCUT2D eigenvalue weighted by Crippen LogP contribution is 2.33. The fraction of sp³-hybridized carbons (Fsp3) is 0.316. The van der Waals surface area contributed by atoms with Crippen molar-refractivity contribution in [3.63, 3.8) is 0 Å². The third-order valence-electron chi connectivity index (χ3n) is 4.99. The lowest BCUT2D eigenvalue weighted by molar-refractivity contribution is -0.915. The Balaban J connectivity index is 1.67. The molecule has 1 N–H and O–H groups in total.